The molecule has 6 heteroatoms. The van der Waals surface area contributed by atoms with Crippen molar-refractivity contribution in [3.8, 4) is 0 Å². The van der Waals surface area contributed by atoms with Gasteiger partial charge in [-0.1, -0.05) is 6.92 Å². The predicted molar refractivity (Wildman–Crippen MR) is 69.8 cm³/mol. The number of piperidine rings is 1. The van der Waals surface area contributed by atoms with E-state index in [1.54, 1.807) is 0 Å². The molecule has 2 nitrogen and oxygen atoms in total. The summed E-state index contributed by atoms with van der Waals surface area (Å²) in [7, 11) is 0. The van der Waals surface area contributed by atoms with Crippen molar-refractivity contribution >= 4 is 5.69 Å². The van der Waals surface area contributed by atoms with Gasteiger partial charge in [0.15, 0.2) is 23.3 Å². The number of anilines is 1. The van der Waals surface area contributed by atoms with Crippen LogP contribution in [0.5, 0.6) is 0 Å². The van der Waals surface area contributed by atoms with Gasteiger partial charge in [-0.25, -0.2) is 17.6 Å². The summed E-state index contributed by atoms with van der Waals surface area (Å²) in [4.78, 5) is 1.38. The normalized spacial score (nSPS) is 19.4. The first-order valence-electron chi connectivity index (χ1n) is 6.86. The van der Waals surface area contributed by atoms with Crippen LogP contribution in [0.25, 0.3) is 0 Å². The fraction of sp³-hybridized carbons (Fsp3) is 0.571. The third-order valence-electron chi connectivity index (χ3n) is 3.51. The Balaban J connectivity index is 2.22. The number of benzene rings is 1. The molecule has 1 N–H and O–H groups in total. The lowest BCUT2D eigenvalue weighted by atomic mass is 10.0. The van der Waals surface area contributed by atoms with Gasteiger partial charge in [-0.3, -0.25) is 0 Å². The fourth-order valence-electron chi connectivity index (χ4n) is 2.53. The highest BCUT2D eigenvalue weighted by atomic mass is 19.2. The molecule has 1 heterocycles. The SMILES string of the molecule is CCCNC1CCCN(c2c(F)c(F)cc(F)c2F)C1. The summed E-state index contributed by atoms with van der Waals surface area (Å²) >= 11 is 0. The summed E-state index contributed by atoms with van der Waals surface area (Å²) < 4.78 is 54.0. The molecule has 112 valence electrons. The number of hydrogen-bond acceptors (Lipinski definition) is 2. The number of rotatable bonds is 4. The Kier molecular flexibility index (Phi) is 4.86. The zero-order valence-corrected chi connectivity index (χ0v) is 11.4. The van der Waals surface area contributed by atoms with Gasteiger partial charge < -0.3 is 10.2 Å². The molecule has 0 amide bonds. The zero-order valence-electron chi connectivity index (χ0n) is 11.4. The smallest absolute Gasteiger partial charge is 0.185 e. The lowest BCUT2D eigenvalue weighted by molar-refractivity contribution is 0.404. The maximum Gasteiger partial charge on any atom is 0.185 e. The molecule has 2 rings (SSSR count). The minimum absolute atomic E-state index is 0.0776. The molecule has 1 fully saturated rings. The summed E-state index contributed by atoms with van der Waals surface area (Å²) in [5.41, 5.74) is -0.592. The van der Waals surface area contributed by atoms with Crippen LogP contribution in [0.4, 0.5) is 23.2 Å². The molecule has 0 radical (unpaired) electrons. The van der Waals surface area contributed by atoms with Crippen molar-refractivity contribution in [3.63, 3.8) is 0 Å². The first kappa shape index (κ1) is 15.1. The Morgan fingerprint density at radius 2 is 1.85 bits per heavy atom. The number of nitrogens with one attached hydrogen (secondary N) is 1. The molecule has 0 aromatic heterocycles. The van der Waals surface area contributed by atoms with Crippen molar-refractivity contribution < 1.29 is 17.6 Å². The highest BCUT2D eigenvalue weighted by Gasteiger charge is 2.27. The van der Waals surface area contributed by atoms with E-state index in [0.29, 0.717) is 13.1 Å². The molecule has 1 aliphatic heterocycles. The van der Waals surface area contributed by atoms with Crippen LogP contribution in [0.3, 0.4) is 0 Å². The van der Waals surface area contributed by atoms with E-state index in [9.17, 15) is 17.6 Å². The average molecular weight is 290 g/mol. The van der Waals surface area contributed by atoms with Crippen LogP contribution in [0.2, 0.25) is 0 Å². The topological polar surface area (TPSA) is 15.3 Å². The molecule has 1 aromatic rings. The second-order valence-corrected chi connectivity index (χ2v) is 5.06. The van der Waals surface area contributed by atoms with Crippen LogP contribution in [0.15, 0.2) is 6.07 Å². The van der Waals surface area contributed by atoms with Gasteiger partial charge in [-0.2, -0.15) is 0 Å². The van der Waals surface area contributed by atoms with E-state index in [1.807, 2.05) is 6.92 Å². The second kappa shape index (κ2) is 6.43. The maximum absolute atomic E-state index is 13.8. The zero-order chi connectivity index (χ0) is 14.7. The molecule has 1 unspecified atom stereocenters. The summed E-state index contributed by atoms with van der Waals surface area (Å²) in [5.74, 6) is -5.36. The van der Waals surface area contributed by atoms with E-state index in [4.69, 9.17) is 0 Å². The van der Waals surface area contributed by atoms with Crippen LogP contribution >= 0.6 is 0 Å². The van der Waals surface area contributed by atoms with Crippen molar-refractivity contribution in [2.75, 3.05) is 24.5 Å². The van der Waals surface area contributed by atoms with Gasteiger partial charge in [0.25, 0.3) is 0 Å². The van der Waals surface area contributed by atoms with Gasteiger partial charge in [-0.05, 0) is 25.8 Å². The van der Waals surface area contributed by atoms with Crippen molar-refractivity contribution in [2.24, 2.45) is 0 Å². The van der Waals surface area contributed by atoms with E-state index in [2.05, 4.69) is 5.32 Å². The lowest BCUT2D eigenvalue weighted by Crippen LogP contribution is -2.46. The highest BCUT2D eigenvalue weighted by molar-refractivity contribution is 5.50. The Morgan fingerprint density at radius 1 is 1.20 bits per heavy atom. The van der Waals surface area contributed by atoms with Gasteiger partial charge in [0.1, 0.15) is 5.69 Å². The van der Waals surface area contributed by atoms with Crippen molar-refractivity contribution in [1.29, 1.82) is 0 Å². The quantitative estimate of drug-likeness (QED) is 0.676. The largest absolute Gasteiger partial charge is 0.365 e. The summed E-state index contributed by atoms with van der Waals surface area (Å²) in [6.07, 6.45) is 2.56. The Morgan fingerprint density at radius 3 is 2.45 bits per heavy atom. The number of nitrogens with zero attached hydrogens (tertiary/aromatic N) is 1. The van der Waals surface area contributed by atoms with Gasteiger partial charge in [0.05, 0.1) is 0 Å². The minimum Gasteiger partial charge on any atom is -0.365 e. The highest BCUT2D eigenvalue weighted by Crippen LogP contribution is 2.29. The van der Waals surface area contributed by atoms with E-state index < -0.39 is 29.0 Å². The summed E-state index contributed by atoms with van der Waals surface area (Å²) in [5, 5.41) is 3.27. The summed E-state index contributed by atoms with van der Waals surface area (Å²) in [6.45, 7) is 3.56. The van der Waals surface area contributed by atoms with Crippen LogP contribution in [-0.2, 0) is 0 Å². The van der Waals surface area contributed by atoms with Gasteiger partial charge >= 0.3 is 0 Å². The molecule has 1 saturated heterocycles. The van der Waals surface area contributed by atoms with Gasteiger partial charge in [-0.15, -0.1) is 0 Å². The number of halogens is 4. The molecule has 1 aliphatic rings. The Labute approximate surface area is 115 Å². The van der Waals surface area contributed by atoms with Crippen LogP contribution < -0.4 is 10.2 Å². The Hall–Kier alpha value is -1.30. The molecular formula is C14H18F4N2. The molecular weight excluding hydrogens is 272 g/mol. The van der Waals surface area contributed by atoms with E-state index in [-0.39, 0.29) is 12.1 Å². The average Bonchev–Trinajstić information content (AvgIpc) is 2.44. The lowest BCUT2D eigenvalue weighted by Gasteiger charge is -2.35. The van der Waals surface area contributed by atoms with Crippen molar-refractivity contribution in [2.45, 2.75) is 32.2 Å². The van der Waals surface area contributed by atoms with E-state index >= 15 is 0 Å². The molecule has 1 atom stereocenters. The maximum atomic E-state index is 13.8. The van der Waals surface area contributed by atoms with Gasteiger partial charge in [0, 0.05) is 25.2 Å². The number of hydrogen-bond donors (Lipinski definition) is 1. The second-order valence-electron chi connectivity index (χ2n) is 5.06. The van der Waals surface area contributed by atoms with Crippen molar-refractivity contribution in [1.82, 2.24) is 5.32 Å². The van der Waals surface area contributed by atoms with Crippen LogP contribution in [-0.4, -0.2) is 25.7 Å². The third kappa shape index (κ3) is 3.06. The molecule has 0 bridgehead atoms. The molecule has 0 aliphatic carbocycles. The van der Waals surface area contributed by atoms with E-state index in [1.165, 1.54) is 4.90 Å². The Bertz CT molecular complexity index is 452. The summed E-state index contributed by atoms with van der Waals surface area (Å²) in [6, 6.07) is 0.319. The first-order valence-corrected chi connectivity index (χ1v) is 6.86. The monoisotopic (exact) mass is 290 g/mol. The first-order chi connectivity index (χ1) is 9.54. The van der Waals surface area contributed by atoms with Crippen LogP contribution in [0, 0.1) is 23.3 Å². The predicted octanol–water partition coefficient (Wildman–Crippen LogP) is 3.21. The van der Waals surface area contributed by atoms with Gasteiger partial charge in [0.2, 0.25) is 0 Å². The molecule has 0 spiro atoms. The molecule has 1 aromatic carbocycles. The van der Waals surface area contributed by atoms with Crippen molar-refractivity contribution in [3.05, 3.63) is 29.3 Å². The van der Waals surface area contributed by atoms with E-state index in [0.717, 1.165) is 25.8 Å². The van der Waals surface area contributed by atoms with Crippen LogP contribution in [0.1, 0.15) is 26.2 Å². The fourth-order valence-corrected chi connectivity index (χ4v) is 2.53. The molecule has 20 heavy (non-hydrogen) atoms. The standard InChI is InChI=1S/C14H18F4N2/c1-2-5-19-9-4-3-6-20(8-9)14-12(17)10(15)7-11(16)13(14)18/h7,9,19H,2-6,8H2,1H3. The molecule has 0 saturated carbocycles. The third-order valence-corrected chi connectivity index (χ3v) is 3.51. The minimum atomic E-state index is -1.36.